The number of nitrogens with two attached hydrogens (primary N) is 1. The fourth-order valence-electron chi connectivity index (χ4n) is 19.7. The number of nitrogens with one attached hydrogen (secondary N) is 3. The van der Waals surface area contributed by atoms with Gasteiger partial charge in [0.25, 0.3) is 5.91 Å². The average Bonchev–Trinajstić information content (AvgIpc) is 0.784. The number of aliphatic hydroxyl groups is 4. The molecule has 14 rings (SSSR count). The Morgan fingerprint density at radius 1 is 0.553 bits per heavy atom. The van der Waals surface area contributed by atoms with Crippen LogP contribution in [0.1, 0.15) is 124 Å². The molecule has 2 radical (unpaired) electrons. The number of carboxylic acid groups (broad SMARTS) is 1. The average molecular weight is 1920 g/mol. The van der Waals surface area contributed by atoms with E-state index in [-0.39, 0.29) is 116 Å². The van der Waals surface area contributed by atoms with Gasteiger partial charge in [-0.05, 0) is 215 Å². The number of carbonyl (C=O) groups is 4. The number of para-hydroxylation sites is 2. The predicted molar refractivity (Wildman–Crippen MR) is 486 cm³/mol. The van der Waals surface area contributed by atoms with Crippen molar-refractivity contribution in [3.63, 3.8) is 0 Å². The zero-order chi connectivity index (χ0) is 90.2. The Labute approximate surface area is 759 Å². The standard InChI is InChI=1S/C48H70N6O6.C37H54N4O7.C11H18N2.BH.U/c1-30-40-25-36(48(40,3)4)26-41(30)50-47(58)44-43(31(2)56)42(29-55)60-54(44)27-33-17-14-18-39(45(33)59-20-19-51(5)6)34-22-35(24-38(23-34)53(9)10)46(57)49-37(28-52(7)8)21-32-15-12-11-13-16-32;1-21-29-17-26(37(29,3)4)18-30(21)38-35(44)33-32(22(2)43)31(20-42)48-41(33)19-23-10-9-11-28(34(23)47-13-12-39(5)6)24-14-25(36(45)46)16-27(15-24)40(7)8;1-13(2)9-11(12)8-10-6-4-3-5-7-10;;/h11-18,22-24,30-31,36-37,40-44,55-56H,19-21,25-29H2,1-10H3,(H,49,57)(H,50,58);9-11,14-16,21-22,26,29-33,42-43H,12-13,17-20H2,1-8H3,(H,38,44)(H,45,46);3-7,11H,8-9,12H2,1-2H3;1H;/t30-,31-,36+,37-,40-,41?,42-,43+,44-;21-,22-,26+,29-,30-,31-,32+,33-;11-;;/m000../s1/i;;;1T;. The van der Waals surface area contributed by atoms with Crippen LogP contribution in [-0.4, -0.2) is 287 Å². The van der Waals surface area contributed by atoms with Crippen LogP contribution in [0.4, 0.5) is 11.4 Å². The van der Waals surface area contributed by atoms with Crippen molar-refractivity contribution in [1.82, 2.24) is 45.7 Å². The molecular formula is C96H143BN12O13U. The minimum absolute atomic E-state index is 0. The first-order valence-corrected chi connectivity index (χ1v) is 43.5. The summed E-state index contributed by atoms with van der Waals surface area (Å²) in [6, 6.07) is 41.7. The summed E-state index contributed by atoms with van der Waals surface area (Å²) in [6.45, 7) is 20.4. The second kappa shape index (κ2) is 45.1. The quantitative estimate of drug-likeness (QED) is 0.0168. The molecule has 2 aliphatic heterocycles. The van der Waals surface area contributed by atoms with E-state index in [0.717, 1.165) is 65.0 Å². The van der Waals surface area contributed by atoms with Gasteiger partial charge in [-0.25, -0.2) is 4.79 Å². The number of nitrogens with zero attached hydrogens (tertiary/aromatic N) is 8. The molecule has 0 aromatic heterocycles. The topological polar surface area (TPSA) is 294 Å². The van der Waals surface area contributed by atoms with Crippen molar-refractivity contribution < 1.29 is 95.0 Å². The first kappa shape index (κ1) is 99.8. The minimum Gasteiger partial charge on any atom is -0.491 e. The largest absolute Gasteiger partial charge is 0.491 e. The van der Waals surface area contributed by atoms with Crippen molar-refractivity contribution in [3.8, 4) is 33.8 Å². The van der Waals surface area contributed by atoms with Gasteiger partial charge >= 0.3 is 5.97 Å². The summed E-state index contributed by atoms with van der Waals surface area (Å²) in [4.78, 5) is 79.7. The molecule has 27 heteroatoms. The van der Waals surface area contributed by atoms with Crippen LogP contribution in [-0.2, 0) is 45.2 Å². The maximum Gasteiger partial charge on any atom is 0.335 e. The second-order valence-electron chi connectivity index (χ2n) is 37.8. The number of hydrogen-bond acceptors (Lipinski definition) is 21. The van der Waals surface area contributed by atoms with Gasteiger partial charge in [0.05, 0.1) is 44.1 Å². The number of hydrogen-bond donors (Lipinski definition) is 9. The van der Waals surface area contributed by atoms with E-state index in [1.165, 1.54) is 18.4 Å². The van der Waals surface area contributed by atoms with Crippen LogP contribution in [0.2, 0.25) is 0 Å². The Hall–Kier alpha value is -7.00. The van der Waals surface area contributed by atoms with Crippen LogP contribution in [0.3, 0.4) is 0 Å². The van der Waals surface area contributed by atoms with Gasteiger partial charge in [-0.2, -0.15) is 10.1 Å². The van der Waals surface area contributed by atoms with Crippen molar-refractivity contribution in [3.05, 3.63) is 167 Å². The Bertz CT molecular complexity index is 4400. The van der Waals surface area contributed by atoms with Gasteiger partial charge in [0.15, 0.2) is 0 Å². The minimum atomic E-state index is -1.03. The van der Waals surface area contributed by atoms with Gasteiger partial charge in [0.1, 0.15) is 49.0 Å². The number of ether oxygens (including phenoxy) is 2. The van der Waals surface area contributed by atoms with Crippen LogP contribution in [0.5, 0.6) is 11.5 Å². The fourth-order valence-corrected chi connectivity index (χ4v) is 19.7. The molecule has 4 bridgehead atoms. The van der Waals surface area contributed by atoms with Crippen molar-refractivity contribution in [2.24, 2.45) is 63.9 Å². The van der Waals surface area contributed by atoms with E-state index in [9.17, 15) is 44.7 Å². The summed E-state index contributed by atoms with van der Waals surface area (Å²) in [6.07, 6.45) is 2.53. The summed E-state index contributed by atoms with van der Waals surface area (Å²) < 4.78 is 18.4. The molecular weight excluding hydrogens is 1780 g/mol. The Morgan fingerprint density at radius 3 is 1.31 bits per heavy atom. The molecule has 8 aliphatic rings. The molecule has 2 heterocycles. The van der Waals surface area contributed by atoms with Crippen LogP contribution < -0.4 is 41.0 Å². The van der Waals surface area contributed by atoms with Gasteiger partial charge in [-0.15, -0.1) is 0 Å². The van der Waals surface area contributed by atoms with Crippen molar-refractivity contribution in [2.75, 3.05) is 147 Å². The maximum atomic E-state index is 14.5. The molecule has 672 valence electrons. The Balaban J connectivity index is 0.000000266. The SMILES string of the molecule is CN(C)C[C@@H](N)Cc1ccccc1.C[C@@H]1[C@@H](NC(=O)[C@@H]2[C@H]([C@H](C)O)[C@H](CO)ON2Cc2cccc(-c3cc(C(=O)O)cc(N(C)C)c3)c2OCCN(C)C)C[C@H]2C[C@@H]1C2(C)C.C[C@H](O)[C@@H]1[C@H](CO)ON(Cc2cccc(-c3cc(C(=O)N[C@@H](Cc4ccccc4)CN(C)C)cc(N(C)C)c3)c2OCCN(C)C)[C@@H]1C(=O)NC1C[C@H]2C[C@@H]([C@@H]1C)C2(C)C.[3H][B].[U]. The van der Waals surface area contributed by atoms with E-state index in [1.807, 2.05) is 178 Å². The molecule has 6 aromatic carbocycles. The fraction of sp³-hybridized carbons (Fsp3) is 0.583. The first-order chi connectivity index (χ1) is 58.3. The number of anilines is 2. The van der Waals surface area contributed by atoms with Gasteiger partial charge in [0.2, 0.25) is 11.8 Å². The van der Waals surface area contributed by atoms with Crippen LogP contribution >= 0.6 is 0 Å². The molecule has 123 heavy (non-hydrogen) atoms. The number of carboxylic acids is 1. The number of likely N-dealkylation sites (N-methyl/N-ethyl adjacent to an activating group) is 4. The number of carbonyl (C=O) groups excluding carboxylic acids is 3. The maximum absolute atomic E-state index is 14.5. The molecule has 6 aromatic rings. The monoisotopic (exact) mass is 1920 g/mol. The number of aromatic carboxylic acids is 1. The Kier molecular flexibility index (Phi) is 36.6. The number of amides is 3. The van der Waals surface area contributed by atoms with Crippen molar-refractivity contribution in [1.29, 1.82) is 1.34 Å². The predicted octanol–water partition coefficient (Wildman–Crippen LogP) is 9.11. The van der Waals surface area contributed by atoms with E-state index in [4.69, 9.17) is 26.2 Å². The molecule has 3 amide bonds. The van der Waals surface area contributed by atoms with Gasteiger partial charge in [-0.3, -0.25) is 24.1 Å². The summed E-state index contributed by atoms with van der Waals surface area (Å²) in [5.74, 6) is 1.11. The number of aliphatic hydroxyl groups excluding tert-OH is 4. The van der Waals surface area contributed by atoms with Gasteiger partial charge in [0, 0.05) is 169 Å². The first-order valence-electron chi connectivity index (χ1n) is 44.0. The van der Waals surface area contributed by atoms with Gasteiger partial charge in [-0.1, -0.05) is 139 Å². The molecule has 2 saturated heterocycles. The summed E-state index contributed by atoms with van der Waals surface area (Å²) >= 11 is 0. The third-order valence-corrected chi connectivity index (χ3v) is 26.7. The van der Waals surface area contributed by atoms with E-state index in [2.05, 4.69) is 123 Å². The van der Waals surface area contributed by atoms with E-state index >= 15 is 0 Å². The molecule has 1 unspecified atom stereocenters. The van der Waals surface area contributed by atoms with Crippen molar-refractivity contribution >= 4 is 43.4 Å². The smallest absolute Gasteiger partial charge is 0.335 e. The van der Waals surface area contributed by atoms with Crippen molar-refractivity contribution in [2.45, 2.75) is 168 Å². The second-order valence-corrected chi connectivity index (χ2v) is 37.8. The number of hydroxylamine groups is 4. The zero-order valence-electron chi connectivity index (χ0n) is 77.6. The summed E-state index contributed by atoms with van der Waals surface area (Å²) in [5.41, 5.74) is 15.8. The van der Waals surface area contributed by atoms with E-state index in [1.54, 1.807) is 36.1 Å². The molecule has 6 saturated carbocycles. The molecule has 25 nitrogen and oxygen atoms in total. The molecule has 6 aliphatic carbocycles. The summed E-state index contributed by atoms with van der Waals surface area (Å²) in [5, 5.41) is 66.0. The molecule has 18 atom stereocenters. The zero-order valence-corrected chi connectivity index (χ0v) is 80.8. The van der Waals surface area contributed by atoms with Crippen LogP contribution in [0, 0.1) is 89.3 Å². The van der Waals surface area contributed by atoms with E-state index in [0.29, 0.717) is 103 Å². The summed E-state index contributed by atoms with van der Waals surface area (Å²) in [7, 11) is 27.4. The molecule has 10 N–H and O–H groups in total. The molecule has 0 spiro atoms. The normalized spacial score (nSPS) is 25.1. The third-order valence-electron chi connectivity index (χ3n) is 26.7. The molecule has 8 fully saturated rings. The Morgan fingerprint density at radius 2 is 0.951 bits per heavy atom. The van der Waals surface area contributed by atoms with Crippen LogP contribution in [0.25, 0.3) is 22.3 Å². The number of fused-ring (bicyclic) bond motifs is 4. The third kappa shape index (κ3) is 25.3. The number of benzene rings is 6. The van der Waals surface area contributed by atoms with Gasteiger partial charge < -0.3 is 86.1 Å². The van der Waals surface area contributed by atoms with Crippen LogP contribution in [0.15, 0.2) is 133 Å². The van der Waals surface area contributed by atoms with E-state index < -0.39 is 54.3 Å². The number of rotatable bonds is 35.